The van der Waals surface area contributed by atoms with Crippen LogP contribution in [-0.4, -0.2) is 24.7 Å². The van der Waals surface area contributed by atoms with Gasteiger partial charge in [0.25, 0.3) is 5.78 Å². The molecular weight excluding hydrogens is 176 g/mol. The van der Waals surface area contributed by atoms with E-state index in [4.69, 9.17) is 0 Å². The maximum atomic E-state index is 9.42. The Hall–Kier alpha value is -1.30. The maximum absolute atomic E-state index is 9.42. The van der Waals surface area contributed by atoms with Crippen LogP contribution < -0.4 is 0 Å². The molecule has 5 nitrogen and oxygen atoms in total. The average molecular weight is 182 g/mol. The first kappa shape index (κ1) is 7.35. The Morgan fingerprint density at radius 2 is 2.25 bits per heavy atom. The van der Waals surface area contributed by atoms with Gasteiger partial charge >= 0.3 is 0 Å². The fraction of sp³-hybridized carbons (Fsp3) is 0.167. The van der Waals surface area contributed by atoms with Crippen LogP contribution in [0, 0.1) is 6.92 Å². The van der Waals surface area contributed by atoms with Crippen LogP contribution in [-0.2, 0) is 0 Å². The Bertz CT molecular complexity index is 438. The Morgan fingerprint density at radius 1 is 1.50 bits per heavy atom. The minimum absolute atomic E-state index is 0.0486. The normalized spacial score (nSPS) is 10.8. The molecule has 2 aromatic heterocycles. The molecule has 12 heavy (non-hydrogen) atoms. The Labute approximate surface area is 73.5 Å². The lowest BCUT2D eigenvalue weighted by Gasteiger charge is -1.98. The van der Waals surface area contributed by atoms with E-state index in [-0.39, 0.29) is 5.88 Å². The number of fused-ring (bicyclic) bond motifs is 1. The van der Waals surface area contributed by atoms with Gasteiger partial charge in [0.05, 0.1) is 0 Å². The molecule has 6 heteroatoms. The maximum Gasteiger partial charge on any atom is 0.258 e. The second-order valence-corrected chi connectivity index (χ2v) is 2.79. The summed E-state index contributed by atoms with van der Waals surface area (Å²) in [5, 5.41) is 17.1. The van der Waals surface area contributed by atoms with Crippen LogP contribution in [0.5, 0.6) is 5.88 Å². The van der Waals surface area contributed by atoms with Gasteiger partial charge < -0.3 is 5.11 Å². The molecule has 0 amide bonds. The highest BCUT2D eigenvalue weighted by Crippen LogP contribution is 2.15. The van der Waals surface area contributed by atoms with Gasteiger partial charge in [0.15, 0.2) is 5.16 Å². The zero-order chi connectivity index (χ0) is 8.72. The summed E-state index contributed by atoms with van der Waals surface area (Å²) < 4.78 is 1.36. The Balaban J connectivity index is 2.93. The Kier molecular flexibility index (Phi) is 1.44. The molecule has 1 N–H and O–H groups in total. The summed E-state index contributed by atoms with van der Waals surface area (Å²) in [6, 6.07) is 1.52. The van der Waals surface area contributed by atoms with Gasteiger partial charge in [-0.2, -0.15) is 0 Å². The third-order valence-corrected chi connectivity index (χ3v) is 1.76. The van der Waals surface area contributed by atoms with E-state index in [1.165, 1.54) is 10.5 Å². The second-order valence-electron chi connectivity index (χ2n) is 2.39. The molecule has 0 atom stereocenters. The summed E-state index contributed by atoms with van der Waals surface area (Å²) in [6.07, 6.45) is 0. The quantitative estimate of drug-likeness (QED) is 0.580. The number of hydrogen-bond acceptors (Lipinski definition) is 5. The fourth-order valence-corrected chi connectivity index (χ4v) is 1.22. The van der Waals surface area contributed by atoms with Gasteiger partial charge in [-0.3, -0.25) is 0 Å². The van der Waals surface area contributed by atoms with E-state index in [1.807, 2.05) is 0 Å². The molecule has 0 aliphatic rings. The number of aryl methyl sites for hydroxylation is 1. The van der Waals surface area contributed by atoms with E-state index in [0.717, 1.165) is 0 Å². The van der Waals surface area contributed by atoms with E-state index < -0.39 is 0 Å². The van der Waals surface area contributed by atoms with Crippen LogP contribution in [0.25, 0.3) is 5.78 Å². The highest BCUT2D eigenvalue weighted by molar-refractivity contribution is 7.80. The van der Waals surface area contributed by atoms with Gasteiger partial charge in [0.2, 0.25) is 5.88 Å². The molecule has 0 aliphatic carbocycles. The third kappa shape index (κ3) is 0.918. The molecule has 0 aliphatic heterocycles. The molecule has 2 rings (SSSR count). The summed E-state index contributed by atoms with van der Waals surface area (Å²) in [4.78, 5) is 4.04. The highest BCUT2D eigenvalue weighted by Gasteiger charge is 2.06. The number of aromatic nitrogens is 4. The minimum Gasteiger partial charge on any atom is -0.494 e. The first-order chi connectivity index (χ1) is 5.68. The summed E-state index contributed by atoms with van der Waals surface area (Å²) in [7, 11) is 0. The van der Waals surface area contributed by atoms with Gasteiger partial charge in [-0.15, -0.1) is 22.8 Å². The van der Waals surface area contributed by atoms with Crippen LogP contribution in [0.15, 0.2) is 11.2 Å². The van der Waals surface area contributed by atoms with Crippen molar-refractivity contribution in [3.63, 3.8) is 0 Å². The lowest BCUT2D eigenvalue weighted by atomic mass is 10.4. The first-order valence-electron chi connectivity index (χ1n) is 3.29. The predicted molar refractivity (Wildman–Crippen MR) is 44.4 cm³/mol. The number of aromatic hydroxyl groups is 1. The van der Waals surface area contributed by atoms with Gasteiger partial charge in [-0.25, -0.2) is 9.38 Å². The summed E-state index contributed by atoms with van der Waals surface area (Å²) in [5.41, 5.74) is 0.695. The fourth-order valence-electron chi connectivity index (χ4n) is 0.987. The number of nitrogens with zero attached hydrogens (tertiary/aromatic N) is 4. The molecule has 0 spiro atoms. The minimum atomic E-state index is 0.0486. The van der Waals surface area contributed by atoms with Crippen LogP contribution in [0.3, 0.4) is 0 Å². The smallest absolute Gasteiger partial charge is 0.258 e. The molecule has 62 valence electrons. The number of hydrogen-bond donors (Lipinski definition) is 2. The molecule has 0 bridgehead atoms. The van der Waals surface area contributed by atoms with Crippen molar-refractivity contribution in [2.75, 3.05) is 0 Å². The molecule has 2 aromatic rings. The van der Waals surface area contributed by atoms with E-state index in [9.17, 15) is 5.11 Å². The predicted octanol–water partition coefficient (Wildman–Crippen LogP) is 0.427. The molecule has 0 unspecified atom stereocenters. The van der Waals surface area contributed by atoms with E-state index in [2.05, 4.69) is 27.8 Å². The van der Waals surface area contributed by atoms with Crippen molar-refractivity contribution in [2.45, 2.75) is 12.1 Å². The van der Waals surface area contributed by atoms with Crippen molar-refractivity contribution >= 4 is 18.4 Å². The van der Waals surface area contributed by atoms with E-state index >= 15 is 0 Å². The lowest BCUT2D eigenvalue weighted by molar-refractivity contribution is 0.437. The molecule has 0 fully saturated rings. The summed E-state index contributed by atoms with van der Waals surface area (Å²) >= 11 is 3.99. The van der Waals surface area contributed by atoms with Gasteiger partial charge in [0.1, 0.15) is 0 Å². The SMILES string of the molecule is Cc1cc(O)n2c(S)nnc2n1. The van der Waals surface area contributed by atoms with E-state index in [0.29, 0.717) is 16.6 Å². The van der Waals surface area contributed by atoms with Crippen molar-refractivity contribution in [1.29, 1.82) is 0 Å². The third-order valence-electron chi connectivity index (χ3n) is 1.47. The molecule has 0 saturated heterocycles. The average Bonchev–Trinajstić information content (AvgIpc) is 2.31. The van der Waals surface area contributed by atoms with Crippen molar-refractivity contribution in [3.05, 3.63) is 11.8 Å². The molecular formula is C6H6N4OS. The number of thiol groups is 1. The zero-order valence-electron chi connectivity index (χ0n) is 6.26. The first-order valence-corrected chi connectivity index (χ1v) is 3.74. The number of rotatable bonds is 0. The van der Waals surface area contributed by atoms with Gasteiger partial charge in [0, 0.05) is 11.8 Å². The van der Waals surface area contributed by atoms with Crippen LogP contribution in [0.4, 0.5) is 0 Å². The lowest BCUT2D eigenvalue weighted by Crippen LogP contribution is -1.92. The molecule has 0 radical (unpaired) electrons. The van der Waals surface area contributed by atoms with Crippen LogP contribution >= 0.6 is 12.6 Å². The van der Waals surface area contributed by atoms with Crippen LogP contribution in [0.1, 0.15) is 5.69 Å². The standard InChI is InChI=1S/C6H6N4OS/c1-3-2-4(11)10-5(7-3)8-9-6(10)12/h2,11H,1H3,(H,9,12). The highest BCUT2D eigenvalue weighted by atomic mass is 32.1. The van der Waals surface area contributed by atoms with Gasteiger partial charge in [-0.1, -0.05) is 0 Å². The second kappa shape index (κ2) is 2.34. The zero-order valence-corrected chi connectivity index (χ0v) is 7.16. The summed E-state index contributed by atoms with van der Waals surface area (Å²) in [5.74, 6) is 0.407. The van der Waals surface area contributed by atoms with Crippen molar-refractivity contribution in [2.24, 2.45) is 0 Å². The largest absolute Gasteiger partial charge is 0.494 e. The monoisotopic (exact) mass is 182 g/mol. The van der Waals surface area contributed by atoms with Crippen molar-refractivity contribution in [3.8, 4) is 5.88 Å². The molecule has 0 saturated carbocycles. The van der Waals surface area contributed by atoms with Crippen LogP contribution in [0.2, 0.25) is 0 Å². The van der Waals surface area contributed by atoms with Gasteiger partial charge in [-0.05, 0) is 6.92 Å². The Morgan fingerprint density at radius 3 is 3.00 bits per heavy atom. The summed E-state index contributed by atoms with van der Waals surface area (Å²) in [6.45, 7) is 1.77. The molecule has 0 aromatic carbocycles. The van der Waals surface area contributed by atoms with Crippen molar-refractivity contribution in [1.82, 2.24) is 19.6 Å². The van der Waals surface area contributed by atoms with E-state index in [1.54, 1.807) is 6.92 Å². The topological polar surface area (TPSA) is 63.3 Å². The molecule has 2 heterocycles. The van der Waals surface area contributed by atoms with Crippen molar-refractivity contribution < 1.29 is 5.11 Å².